The van der Waals surface area contributed by atoms with Crippen LogP contribution < -0.4 is 20.7 Å². The highest BCUT2D eigenvalue weighted by atomic mass is 31.2. The Bertz CT molecular complexity index is 1660. The largest absolute Gasteiger partial charge is 0.495 e. The molecule has 0 saturated heterocycles. The summed E-state index contributed by atoms with van der Waals surface area (Å²) < 4.78 is 59.7. The standard InChI is InChI=1S/C34H42F3N6O5P/c1-6-47-49(48-7-2)19-20-8-14-26(28(16-20)46-5)41-33-39-17-25(34(35,36)37)30(42-33)40-27-15-13-23(24-18-43(4)32(45)29(24)27)21-9-11-22(12-10-21)31(44)38-3/h8,13-17,21-22H,6-7,9-12,18-19H2,1-5H3,(H,38,44)(H2,39,40,41,42). The first kappa shape index (κ1) is 36.3. The third kappa shape index (κ3) is 8.25. The van der Waals surface area contributed by atoms with Gasteiger partial charge < -0.3 is 34.6 Å². The van der Waals surface area contributed by atoms with E-state index in [0.717, 1.165) is 42.4 Å². The number of fused-ring (bicyclic) bond motifs is 1. The van der Waals surface area contributed by atoms with Crippen LogP contribution in [0.5, 0.6) is 5.75 Å². The average Bonchev–Trinajstić information content (AvgIpc) is 3.38. The van der Waals surface area contributed by atoms with Gasteiger partial charge in [-0.15, -0.1) is 0 Å². The molecule has 0 atom stereocenters. The number of rotatable bonds is 13. The molecule has 1 aliphatic heterocycles. The van der Waals surface area contributed by atoms with Crippen molar-refractivity contribution in [3.05, 3.63) is 64.3 Å². The van der Waals surface area contributed by atoms with Gasteiger partial charge >= 0.3 is 6.18 Å². The van der Waals surface area contributed by atoms with Crippen molar-refractivity contribution in [1.82, 2.24) is 20.2 Å². The Hall–Kier alpha value is -4.00. The van der Waals surface area contributed by atoms with Gasteiger partial charge in [0.05, 0.1) is 37.3 Å². The maximum Gasteiger partial charge on any atom is 0.421 e. The van der Waals surface area contributed by atoms with Gasteiger partial charge in [0.1, 0.15) is 17.1 Å². The maximum atomic E-state index is 14.2. The van der Waals surface area contributed by atoms with E-state index < -0.39 is 25.9 Å². The summed E-state index contributed by atoms with van der Waals surface area (Å²) in [6, 6.07) is 8.90. The smallest absolute Gasteiger partial charge is 0.421 e. The highest BCUT2D eigenvalue weighted by molar-refractivity contribution is 7.46. The summed E-state index contributed by atoms with van der Waals surface area (Å²) in [6.07, 6.45) is -0.518. The van der Waals surface area contributed by atoms with Gasteiger partial charge in [-0.3, -0.25) is 9.59 Å². The summed E-state index contributed by atoms with van der Waals surface area (Å²) in [5, 5.41) is 8.53. The molecule has 1 aromatic heterocycles. The lowest BCUT2D eigenvalue weighted by Gasteiger charge is -2.29. The lowest BCUT2D eigenvalue weighted by molar-refractivity contribution is -0.137. The van der Waals surface area contributed by atoms with Crippen LogP contribution in [0.15, 0.2) is 36.5 Å². The first-order valence-electron chi connectivity index (χ1n) is 16.3. The molecule has 0 bridgehead atoms. The predicted octanol–water partition coefficient (Wildman–Crippen LogP) is 7.48. The number of amides is 2. The van der Waals surface area contributed by atoms with Crippen LogP contribution in [0.4, 0.5) is 36.3 Å². The molecule has 0 spiro atoms. The number of nitrogens with one attached hydrogen (secondary N) is 3. The van der Waals surface area contributed by atoms with Crippen LogP contribution in [-0.4, -0.2) is 61.1 Å². The molecule has 264 valence electrons. The number of alkyl halides is 3. The van der Waals surface area contributed by atoms with Crippen LogP contribution in [0.25, 0.3) is 0 Å². The van der Waals surface area contributed by atoms with Crippen LogP contribution in [0.2, 0.25) is 0 Å². The Labute approximate surface area is 285 Å². The van der Waals surface area contributed by atoms with E-state index in [1.807, 2.05) is 26.0 Å². The number of benzene rings is 2. The van der Waals surface area contributed by atoms with Crippen molar-refractivity contribution in [2.45, 2.75) is 64.3 Å². The van der Waals surface area contributed by atoms with Crippen molar-refractivity contribution < 1.29 is 36.5 Å². The molecule has 1 fully saturated rings. The second-order valence-electron chi connectivity index (χ2n) is 11.9. The minimum absolute atomic E-state index is 0.0293. The van der Waals surface area contributed by atoms with E-state index in [1.54, 1.807) is 37.2 Å². The zero-order valence-electron chi connectivity index (χ0n) is 28.2. The summed E-state index contributed by atoms with van der Waals surface area (Å²) >= 11 is 0. The molecule has 1 aliphatic carbocycles. The van der Waals surface area contributed by atoms with Crippen LogP contribution in [0.3, 0.4) is 0 Å². The molecule has 2 aromatic carbocycles. The third-order valence-electron chi connectivity index (χ3n) is 8.81. The van der Waals surface area contributed by atoms with E-state index in [9.17, 15) is 22.8 Å². The number of hydrogen-bond acceptors (Lipinski definition) is 9. The second-order valence-corrected chi connectivity index (χ2v) is 13.4. The lowest BCUT2D eigenvalue weighted by Crippen LogP contribution is -2.30. The van der Waals surface area contributed by atoms with Gasteiger partial charge in [0.15, 0.2) is 8.38 Å². The van der Waals surface area contributed by atoms with E-state index in [0.29, 0.717) is 49.1 Å². The van der Waals surface area contributed by atoms with Crippen molar-refractivity contribution >= 4 is 43.3 Å². The third-order valence-corrected chi connectivity index (χ3v) is 10.5. The number of carbonyl (C=O) groups excluding carboxylic acids is 2. The SMILES string of the molecule is CCOP(Cc1ccc(Nc2ncc(C(F)(F)F)c(Nc3ccc(C4CCC(C(=O)NC)CC4)c4c3C(=O)N(C)C4)n2)c(OC)c1)OCC. The zero-order valence-corrected chi connectivity index (χ0v) is 29.1. The number of methoxy groups -OCH3 is 1. The zero-order chi connectivity index (χ0) is 35.3. The van der Waals surface area contributed by atoms with E-state index >= 15 is 0 Å². The summed E-state index contributed by atoms with van der Waals surface area (Å²) in [6.45, 7) is 5.17. The van der Waals surface area contributed by atoms with Gasteiger partial charge in [0.2, 0.25) is 11.9 Å². The summed E-state index contributed by atoms with van der Waals surface area (Å²) in [4.78, 5) is 35.3. The molecular formula is C34H42F3N6O5P. The Balaban J connectivity index is 1.43. The number of hydrogen-bond donors (Lipinski definition) is 3. The van der Waals surface area contributed by atoms with Crippen molar-refractivity contribution in [3.63, 3.8) is 0 Å². The van der Waals surface area contributed by atoms with Crippen LogP contribution in [0, 0.1) is 5.92 Å². The molecule has 2 amide bonds. The molecule has 2 aliphatic rings. The van der Waals surface area contributed by atoms with Crippen LogP contribution in [0.1, 0.15) is 78.1 Å². The number of anilines is 4. The molecule has 11 nitrogen and oxygen atoms in total. The Kier molecular flexibility index (Phi) is 11.6. The monoisotopic (exact) mass is 702 g/mol. The van der Waals surface area contributed by atoms with Gasteiger partial charge in [0.25, 0.3) is 5.91 Å². The van der Waals surface area contributed by atoms with Gasteiger partial charge in [-0.05, 0) is 80.3 Å². The molecule has 2 heterocycles. The van der Waals surface area contributed by atoms with Crippen molar-refractivity contribution in [3.8, 4) is 5.75 Å². The second kappa shape index (κ2) is 15.7. The molecule has 15 heteroatoms. The van der Waals surface area contributed by atoms with Gasteiger partial charge in [0, 0.05) is 38.9 Å². The lowest BCUT2D eigenvalue weighted by atomic mass is 9.76. The predicted molar refractivity (Wildman–Crippen MR) is 181 cm³/mol. The average molecular weight is 703 g/mol. The number of carbonyl (C=O) groups is 2. The van der Waals surface area contributed by atoms with Crippen LogP contribution >= 0.6 is 8.38 Å². The quantitative estimate of drug-likeness (QED) is 0.155. The molecule has 49 heavy (non-hydrogen) atoms. The molecule has 5 rings (SSSR count). The molecule has 3 N–H and O–H groups in total. The normalized spacial score (nSPS) is 17.7. The number of ether oxygens (including phenoxy) is 1. The number of aromatic nitrogens is 2. The summed E-state index contributed by atoms with van der Waals surface area (Å²) in [5.41, 5.74) is 2.59. The number of nitrogens with zero attached hydrogens (tertiary/aromatic N) is 3. The van der Waals surface area contributed by atoms with Gasteiger partial charge in [-0.25, -0.2) is 4.98 Å². The molecule has 3 aromatic rings. The Morgan fingerprint density at radius 3 is 2.37 bits per heavy atom. The van der Waals surface area contributed by atoms with Gasteiger partial charge in [-0.1, -0.05) is 12.1 Å². The van der Waals surface area contributed by atoms with E-state index in [4.69, 9.17) is 13.8 Å². The molecule has 0 radical (unpaired) electrons. The molecular weight excluding hydrogens is 660 g/mol. The first-order valence-corrected chi connectivity index (χ1v) is 17.6. The Morgan fingerprint density at radius 1 is 1.04 bits per heavy atom. The maximum absolute atomic E-state index is 14.2. The van der Waals surface area contributed by atoms with E-state index in [2.05, 4.69) is 25.9 Å². The highest BCUT2D eigenvalue weighted by Gasteiger charge is 2.38. The van der Waals surface area contributed by atoms with E-state index in [1.165, 1.54) is 7.11 Å². The Morgan fingerprint density at radius 2 is 1.73 bits per heavy atom. The summed E-state index contributed by atoms with van der Waals surface area (Å²) in [5.74, 6) is -0.337. The minimum atomic E-state index is -4.77. The van der Waals surface area contributed by atoms with Crippen molar-refractivity contribution in [1.29, 1.82) is 0 Å². The molecule has 0 unspecified atom stereocenters. The highest BCUT2D eigenvalue weighted by Crippen LogP contribution is 2.45. The van der Waals surface area contributed by atoms with E-state index in [-0.39, 0.29) is 35.3 Å². The fraction of sp³-hybridized carbons (Fsp3) is 0.471. The topological polar surface area (TPSA) is 127 Å². The summed E-state index contributed by atoms with van der Waals surface area (Å²) in [7, 11) is 3.66. The number of halogens is 3. The van der Waals surface area contributed by atoms with Gasteiger partial charge in [-0.2, -0.15) is 18.2 Å². The minimum Gasteiger partial charge on any atom is -0.495 e. The fourth-order valence-electron chi connectivity index (χ4n) is 6.43. The first-order chi connectivity index (χ1) is 23.5. The fourth-order valence-corrected chi connectivity index (χ4v) is 7.76. The molecule has 1 saturated carbocycles. The van der Waals surface area contributed by atoms with Crippen LogP contribution in [-0.2, 0) is 32.7 Å². The van der Waals surface area contributed by atoms with Crippen molar-refractivity contribution in [2.75, 3.05) is 45.1 Å². The van der Waals surface area contributed by atoms with Crippen molar-refractivity contribution in [2.24, 2.45) is 5.92 Å².